The first-order valence-electron chi connectivity index (χ1n) is 10.2. The fourth-order valence-corrected chi connectivity index (χ4v) is 4.90. The topological polar surface area (TPSA) is 67.0 Å². The number of unbranched alkanes of at least 4 members (excludes halogenated alkanes) is 3. The minimum absolute atomic E-state index is 0.0152. The highest BCUT2D eigenvalue weighted by Crippen LogP contribution is 2.41. The normalized spacial score (nSPS) is 23.5. The molecule has 0 spiro atoms. The Labute approximate surface area is 186 Å². The van der Waals surface area contributed by atoms with E-state index in [2.05, 4.69) is 65.9 Å². The van der Waals surface area contributed by atoms with Gasteiger partial charge in [0.05, 0.1) is 23.3 Å². The molecule has 5 rings (SSSR count). The van der Waals surface area contributed by atoms with Crippen molar-refractivity contribution in [1.82, 2.24) is 24.5 Å². The fourth-order valence-electron chi connectivity index (χ4n) is 4.24. The van der Waals surface area contributed by atoms with E-state index in [0.717, 1.165) is 44.3 Å². The van der Waals surface area contributed by atoms with Crippen LogP contribution in [0, 0.1) is 0 Å². The average Bonchev–Trinajstić information content (AvgIpc) is 3.41. The van der Waals surface area contributed by atoms with Crippen LogP contribution in [-0.4, -0.2) is 37.3 Å². The van der Waals surface area contributed by atoms with Gasteiger partial charge in [0.25, 0.3) is 0 Å². The van der Waals surface area contributed by atoms with Crippen LogP contribution in [0.1, 0.15) is 56.4 Å². The summed E-state index contributed by atoms with van der Waals surface area (Å²) in [6.07, 6.45) is 7.62. The summed E-state index contributed by atoms with van der Waals surface area (Å²) in [5.74, 6) is 0.891. The molecule has 1 fully saturated rings. The summed E-state index contributed by atoms with van der Waals surface area (Å²) in [5, 5.41) is 8.76. The van der Waals surface area contributed by atoms with Gasteiger partial charge in [0, 0.05) is 15.1 Å². The summed E-state index contributed by atoms with van der Waals surface area (Å²) in [7, 11) is 0. The van der Waals surface area contributed by atoms with Crippen LogP contribution in [0.4, 0.5) is 0 Å². The summed E-state index contributed by atoms with van der Waals surface area (Å²) >= 11 is 7.16. The summed E-state index contributed by atoms with van der Waals surface area (Å²) < 4.78 is 18.5. The van der Waals surface area contributed by atoms with Crippen molar-refractivity contribution in [2.24, 2.45) is 0 Å². The number of rotatable bonds is 6. The second-order valence-corrected chi connectivity index (χ2v) is 9.43. The summed E-state index contributed by atoms with van der Waals surface area (Å²) in [4.78, 5) is 4.74. The van der Waals surface area contributed by atoms with Crippen molar-refractivity contribution in [3.05, 3.63) is 38.8 Å². The molecule has 2 aliphatic rings. The smallest absolute Gasteiger partial charge is 0.164 e. The predicted molar refractivity (Wildman–Crippen MR) is 116 cm³/mol. The van der Waals surface area contributed by atoms with Gasteiger partial charge in [-0.05, 0) is 56.8 Å². The Kier molecular flexibility index (Phi) is 5.49. The number of hydrogen-bond donors (Lipinski definition) is 0. The molecule has 3 atom stereocenters. The van der Waals surface area contributed by atoms with Gasteiger partial charge in [-0.15, -0.1) is 5.10 Å². The molecule has 1 aromatic carbocycles. The third-order valence-corrected chi connectivity index (χ3v) is 7.59. The SMILES string of the molecule is CCCCCCc1cn([C@H]2CO[C@H]3[C@@H]2OCc2nc4cc(Br)c(Br)cc4n23)nn1. The van der Waals surface area contributed by atoms with Gasteiger partial charge in [0.15, 0.2) is 6.23 Å². The van der Waals surface area contributed by atoms with E-state index in [9.17, 15) is 0 Å². The van der Waals surface area contributed by atoms with Crippen LogP contribution in [0.3, 0.4) is 0 Å². The lowest BCUT2D eigenvalue weighted by Crippen LogP contribution is -2.35. The van der Waals surface area contributed by atoms with Gasteiger partial charge >= 0.3 is 0 Å². The number of halogens is 2. The largest absolute Gasteiger partial charge is 0.363 e. The molecular formula is C20H23Br2N5O2. The highest BCUT2D eigenvalue weighted by Gasteiger charge is 2.45. The van der Waals surface area contributed by atoms with E-state index < -0.39 is 0 Å². The Hall–Kier alpha value is -1.29. The molecule has 0 amide bonds. The Balaban J connectivity index is 1.38. The first-order valence-corrected chi connectivity index (χ1v) is 11.7. The van der Waals surface area contributed by atoms with Crippen molar-refractivity contribution in [1.29, 1.82) is 0 Å². The monoisotopic (exact) mass is 523 g/mol. The molecule has 0 radical (unpaired) electrons. The lowest BCUT2D eigenvalue weighted by Gasteiger charge is -2.29. The van der Waals surface area contributed by atoms with Crippen LogP contribution in [0.25, 0.3) is 11.0 Å². The third-order valence-electron chi connectivity index (χ3n) is 5.75. The fraction of sp³-hybridized carbons (Fsp3) is 0.550. The Morgan fingerprint density at radius 2 is 2.00 bits per heavy atom. The van der Waals surface area contributed by atoms with Crippen LogP contribution in [0.15, 0.2) is 27.3 Å². The van der Waals surface area contributed by atoms with Crippen molar-refractivity contribution >= 4 is 42.9 Å². The summed E-state index contributed by atoms with van der Waals surface area (Å²) in [5.41, 5.74) is 3.02. The van der Waals surface area contributed by atoms with Gasteiger partial charge in [-0.25, -0.2) is 9.67 Å². The zero-order valence-corrected chi connectivity index (χ0v) is 19.4. The molecule has 154 valence electrons. The number of aromatic nitrogens is 5. The highest BCUT2D eigenvalue weighted by molar-refractivity contribution is 9.13. The number of nitrogens with zero attached hydrogens (tertiary/aromatic N) is 5. The average molecular weight is 525 g/mol. The molecule has 0 saturated carbocycles. The maximum absolute atomic E-state index is 6.19. The van der Waals surface area contributed by atoms with E-state index in [4.69, 9.17) is 14.5 Å². The molecule has 3 aromatic rings. The van der Waals surface area contributed by atoms with Gasteiger partial charge in [-0.1, -0.05) is 31.4 Å². The number of ether oxygens (including phenoxy) is 2. The van der Waals surface area contributed by atoms with E-state index in [1.54, 1.807) is 0 Å². The van der Waals surface area contributed by atoms with Crippen LogP contribution in [0.5, 0.6) is 0 Å². The number of benzene rings is 1. The molecule has 0 bridgehead atoms. The summed E-state index contributed by atoms with van der Waals surface area (Å²) in [6, 6.07) is 4.12. The van der Waals surface area contributed by atoms with E-state index in [-0.39, 0.29) is 18.4 Å². The molecule has 4 heterocycles. The minimum atomic E-state index is -0.209. The second kappa shape index (κ2) is 8.09. The second-order valence-electron chi connectivity index (χ2n) is 7.72. The Morgan fingerprint density at radius 3 is 2.86 bits per heavy atom. The first kappa shape index (κ1) is 19.7. The van der Waals surface area contributed by atoms with Gasteiger partial charge in [0.2, 0.25) is 0 Å². The standard InChI is InChI=1S/C20H23Br2N5O2/c1-2-3-4-5-6-12-9-26(25-24-12)17-10-29-20-19(17)28-11-18-23-15-7-13(21)14(22)8-16(15)27(18)20/h7-9,17,19-20H,2-6,10-11H2,1H3/t17-,19+,20-/m0/s1. The molecule has 29 heavy (non-hydrogen) atoms. The molecule has 0 unspecified atom stereocenters. The van der Waals surface area contributed by atoms with E-state index in [1.807, 2.05) is 10.7 Å². The van der Waals surface area contributed by atoms with Crippen LogP contribution < -0.4 is 0 Å². The van der Waals surface area contributed by atoms with Crippen LogP contribution in [0.2, 0.25) is 0 Å². The van der Waals surface area contributed by atoms with E-state index in [1.165, 1.54) is 19.3 Å². The zero-order chi connectivity index (χ0) is 20.0. The highest BCUT2D eigenvalue weighted by atomic mass is 79.9. The van der Waals surface area contributed by atoms with Crippen molar-refractivity contribution in [2.75, 3.05) is 6.61 Å². The molecule has 0 aliphatic carbocycles. The predicted octanol–water partition coefficient (Wildman–Crippen LogP) is 4.94. The molecule has 7 nitrogen and oxygen atoms in total. The maximum atomic E-state index is 6.19. The molecule has 0 N–H and O–H groups in total. The van der Waals surface area contributed by atoms with Crippen LogP contribution >= 0.6 is 31.9 Å². The van der Waals surface area contributed by atoms with Crippen LogP contribution in [-0.2, 0) is 22.5 Å². The van der Waals surface area contributed by atoms with Gasteiger partial charge in [-0.3, -0.25) is 4.57 Å². The molecule has 2 aliphatic heterocycles. The number of hydrogen-bond acceptors (Lipinski definition) is 5. The lowest BCUT2D eigenvalue weighted by molar-refractivity contribution is -0.0864. The first-order chi connectivity index (χ1) is 14.2. The molecule has 9 heteroatoms. The van der Waals surface area contributed by atoms with Crippen molar-refractivity contribution in [3.63, 3.8) is 0 Å². The Morgan fingerprint density at radius 1 is 1.14 bits per heavy atom. The molecular weight excluding hydrogens is 502 g/mol. The quantitative estimate of drug-likeness (QED) is 0.427. The van der Waals surface area contributed by atoms with Gasteiger partial charge in [-0.2, -0.15) is 0 Å². The minimum Gasteiger partial charge on any atom is -0.363 e. The van der Waals surface area contributed by atoms with Crippen molar-refractivity contribution < 1.29 is 9.47 Å². The maximum Gasteiger partial charge on any atom is 0.164 e. The summed E-state index contributed by atoms with van der Waals surface area (Å²) in [6.45, 7) is 3.23. The zero-order valence-electron chi connectivity index (χ0n) is 16.2. The van der Waals surface area contributed by atoms with Crippen molar-refractivity contribution in [3.8, 4) is 0 Å². The molecule has 2 aromatic heterocycles. The molecule has 1 saturated heterocycles. The number of aryl methyl sites for hydroxylation is 1. The van der Waals surface area contributed by atoms with E-state index in [0.29, 0.717) is 13.2 Å². The van der Waals surface area contributed by atoms with Gasteiger partial charge in [0.1, 0.15) is 24.6 Å². The number of fused-ring (bicyclic) bond motifs is 5. The van der Waals surface area contributed by atoms with Crippen molar-refractivity contribution in [2.45, 2.75) is 64.0 Å². The third kappa shape index (κ3) is 3.56. The lowest BCUT2D eigenvalue weighted by atomic mass is 10.1. The van der Waals surface area contributed by atoms with E-state index >= 15 is 0 Å². The Bertz CT molecular complexity index is 1030. The van der Waals surface area contributed by atoms with Gasteiger partial charge < -0.3 is 9.47 Å². The number of imidazole rings is 1.